The van der Waals surface area contributed by atoms with E-state index in [-0.39, 0.29) is 5.56 Å². The van der Waals surface area contributed by atoms with E-state index in [0.29, 0.717) is 5.69 Å². The first-order valence-corrected chi connectivity index (χ1v) is 5.80. The molecule has 0 unspecified atom stereocenters. The van der Waals surface area contributed by atoms with Gasteiger partial charge in [0.15, 0.2) is 0 Å². The fraction of sp³-hybridized carbons (Fsp3) is 0.133. The molecule has 0 atom stereocenters. The van der Waals surface area contributed by atoms with Crippen LogP contribution in [0, 0.1) is 25.5 Å². The molecule has 0 bridgehead atoms. The van der Waals surface area contributed by atoms with Crippen molar-refractivity contribution in [1.29, 1.82) is 0 Å². The fourth-order valence-electron chi connectivity index (χ4n) is 1.92. The molecule has 0 saturated carbocycles. The zero-order valence-corrected chi connectivity index (χ0v) is 10.6. The molecule has 1 N–H and O–H groups in total. The smallest absolute Gasteiger partial charge is 0.258 e. The van der Waals surface area contributed by atoms with Crippen molar-refractivity contribution >= 4 is 11.6 Å². The van der Waals surface area contributed by atoms with Crippen molar-refractivity contribution in [3.63, 3.8) is 0 Å². The number of hydrogen-bond donors (Lipinski definition) is 1. The Labute approximate surface area is 110 Å². The second-order valence-corrected chi connectivity index (χ2v) is 4.45. The van der Waals surface area contributed by atoms with Crippen LogP contribution in [-0.2, 0) is 0 Å². The predicted molar refractivity (Wildman–Crippen MR) is 70.2 cm³/mol. The Hall–Kier alpha value is -2.23. The molecular formula is C15H13F2NO. The number of carbonyl (C=O) groups is 1. The van der Waals surface area contributed by atoms with Gasteiger partial charge in [0.2, 0.25) is 0 Å². The summed E-state index contributed by atoms with van der Waals surface area (Å²) in [6, 6.07) is 8.28. The molecule has 0 aliphatic heterocycles. The lowest BCUT2D eigenvalue weighted by molar-refractivity contribution is 0.102. The van der Waals surface area contributed by atoms with Crippen LogP contribution in [0.3, 0.4) is 0 Å². The molecule has 2 aromatic carbocycles. The zero-order valence-electron chi connectivity index (χ0n) is 10.6. The molecule has 0 aliphatic carbocycles. The molecule has 0 radical (unpaired) electrons. The molecule has 4 heteroatoms. The lowest BCUT2D eigenvalue weighted by Crippen LogP contribution is -2.14. The third-order valence-corrected chi connectivity index (χ3v) is 2.65. The molecule has 0 spiro atoms. The highest BCUT2D eigenvalue weighted by Crippen LogP contribution is 2.16. The quantitative estimate of drug-likeness (QED) is 0.874. The SMILES string of the molecule is Cc1cc(C)cc(NC(=O)c2cc(F)ccc2F)c1. The Morgan fingerprint density at radius 2 is 1.63 bits per heavy atom. The van der Waals surface area contributed by atoms with Gasteiger partial charge in [-0.05, 0) is 55.3 Å². The summed E-state index contributed by atoms with van der Waals surface area (Å²) in [5.74, 6) is -2.06. The minimum Gasteiger partial charge on any atom is -0.322 e. The molecule has 0 aliphatic rings. The van der Waals surface area contributed by atoms with E-state index in [4.69, 9.17) is 0 Å². The molecule has 2 nitrogen and oxygen atoms in total. The minimum atomic E-state index is -0.747. The first kappa shape index (κ1) is 13.2. The Bertz CT molecular complexity index is 618. The third-order valence-electron chi connectivity index (χ3n) is 2.65. The van der Waals surface area contributed by atoms with E-state index in [0.717, 1.165) is 29.3 Å². The summed E-state index contributed by atoms with van der Waals surface area (Å²) in [5.41, 5.74) is 2.22. The zero-order chi connectivity index (χ0) is 14.0. The molecular weight excluding hydrogens is 248 g/mol. The molecule has 98 valence electrons. The van der Waals surface area contributed by atoms with Crippen molar-refractivity contribution in [3.8, 4) is 0 Å². The van der Waals surface area contributed by atoms with Crippen LogP contribution in [-0.4, -0.2) is 5.91 Å². The number of nitrogens with one attached hydrogen (secondary N) is 1. The standard InChI is InChI=1S/C15H13F2NO/c1-9-5-10(2)7-12(6-9)18-15(19)13-8-11(16)3-4-14(13)17/h3-8H,1-2H3,(H,18,19). The summed E-state index contributed by atoms with van der Waals surface area (Å²) in [4.78, 5) is 11.9. The average molecular weight is 261 g/mol. The Kier molecular flexibility index (Phi) is 3.60. The first-order valence-electron chi connectivity index (χ1n) is 5.80. The van der Waals surface area contributed by atoms with Gasteiger partial charge in [0, 0.05) is 5.69 Å². The van der Waals surface area contributed by atoms with Crippen molar-refractivity contribution in [2.45, 2.75) is 13.8 Å². The maximum Gasteiger partial charge on any atom is 0.258 e. The summed E-state index contributed by atoms with van der Waals surface area (Å²) in [6.07, 6.45) is 0. The van der Waals surface area contributed by atoms with E-state index in [1.165, 1.54) is 0 Å². The molecule has 19 heavy (non-hydrogen) atoms. The van der Waals surface area contributed by atoms with Crippen LogP contribution in [0.2, 0.25) is 0 Å². The first-order chi connectivity index (χ1) is 8.95. The largest absolute Gasteiger partial charge is 0.322 e. The van der Waals surface area contributed by atoms with E-state index in [1.807, 2.05) is 19.9 Å². The van der Waals surface area contributed by atoms with Crippen molar-refractivity contribution in [2.24, 2.45) is 0 Å². The van der Waals surface area contributed by atoms with Crippen molar-refractivity contribution in [2.75, 3.05) is 5.32 Å². The average Bonchev–Trinajstić information content (AvgIpc) is 2.30. The van der Waals surface area contributed by atoms with Gasteiger partial charge in [-0.25, -0.2) is 8.78 Å². The minimum absolute atomic E-state index is 0.306. The fourth-order valence-corrected chi connectivity index (χ4v) is 1.92. The lowest BCUT2D eigenvalue weighted by Gasteiger charge is -2.08. The number of benzene rings is 2. The highest BCUT2D eigenvalue weighted by molar-refractivity contribution is 6.04. The summed E-state index contributed by atoms with van der Waals surface area (Å²) in [6.45, 7) is 3.79. The van der Waals surface area contributed by atoms with E-state index in [2.05, 4.69) is 5.32 Å². The third kappa shape index (κ3) is 3.16. The molecule has 2 aromatic rings. The van der Waals surface area contributed by atoms with Gasteiger partial charge in [-0.2, -0.15) is 0 Å². The van der Waals surface area contributed by atoms with E-state index >= 15 is 0 Å². The summed E-state index contributed by atoms with van der Waals surface area (Å²) in [5, 5.41) is 2.56. The van der Waals surface area contributed by atoms with E-state index in [1.54, 1.807) is 12.1 Å². The number of aryl methyl sites for hydroxylation is 2. The lowest BCUT2D eigenvalue weighted by atomic mass is 10.1. The van der Waals surface area contributed by atoms with Gasteiger partial charge in [-0.3, -0.25) is 4.79 Å². The molecule has 0 heterocycles. The summed E-state index contributed by atoms with van der Waals surface area (Å²) in [7, 11) is 0. The topological polar surface area (TPSA) is 29.1 Å². The second-order valence-electron chi connectivity index (χ2n) is 4.45. The van der Waals surface area contributed by atoms with Gasteiger partial charge in [0.05, 0.1) is 5.56 Å². The van der Waals surface area contributed by atoms with Gasteiger partial charge >= 0.3 is 0 Å². The van der Waals surface area contributed by atoms with Crippen LogP contribution < -0.4 is 5.32 Å². The summed E-state index contributed by atoms with van der Waals surface area (Å²) < 4.78 is 26.5. The van der Waals surface area contributed by atoms with Gasteiger partial charge in [0.1, 0.15) is 11.6 Å². The Morgan fingerprint density at radius 1 is 1.00 bits per heavy atom. The van der Waals surface area contributed by atoms with Crippen molar-refractivity contribution in [1.82, 2.24) is 0 Å². The maximum absolute atomic E-state index is 13.5. The van der Waals surface area contributed by atoms with Gasteiger partial charge in [0.25, 0.3) is 5.91 Å². The van der Waals surface area contributed by atoms with Crippen molar-refractivity contribution in [3.05, 3.63) is 64.7 Å². The molecule has 2 rings (SSSR count). The van der Waals surface area contributed by atoms with Crippen LogP contribution in [0.15, 0.2) is 36.4 Å². The normalized spacial score (nSPS) is 10.3. The number of amides is 1. The molecule has 0 aromatic heterocycles. The second kappa shape index (κ2) is 5.18. The summed E-state index contributed by atoms with van der Waals surface area (Å²) >= 11 is 0. The van der Waals surface area contributed by atoms with Crippen LogP contribution in [0.4, 0.5) is 14.5 Å². The van der Waals surface area contributed by atoms with Crippen LogP contribution >= 0.6 is 0 Å². The number of carbonyl (C=O) groups excluding carboxylic acids is 1. The number of hydrogen-bond acceptors (Lipinski definition) is 1. The number of halogens is 2. The highest BCUT2D eigenvalue weighted by Gasteiger charge is 2.13. The van der Waals surface area contributed by atoms with Crippen molar-refractivity contribution < 1.29 is 13.6 Å². The highest BCUT2D eigenvalue weighted by atomic mass is 19.1. The maximum atomic E-state index is 13.5. The molecule has 0 fully saturated rings. The Balaban J connectivity index is 2.28. The number of anilines is 1. The van der Waals surface area contributed by atoms with Crippen LogP contribution in [0.1, 0.15) is 21.5 Å². The predicted octanol–water partition coefficient (Wildman–Crippen LogP) is 3.83. The van der Waals surface area contributed by atoms with E-state index < -0.39 is 17.5 Å². The number of rotatable bonds is 2. The Morgan fingerprint density at radius 3 is 2.26 bits per heavy atom. The van der Waals surface area contributed by atoms with Gasteiger partial charge < -0.3 is 5.32 Å². The molecule has 0 saturated heterocycles. The molecule has 1 amide bonds. The van der Waals surface area contributed by atoms with Gasteiger partial charge in [-0.1, -0.05) is 6.07 Å². The monoisotopic (exact) mass is 261 g/mol. The van der Waals surface area contributed by atoms with Crippen LogP contribution in [0.5, 0.6) is 0 Å². The van der Waals surface area contributed by atoms with E-state index in [9.17, 15) is 13.6 Å². The van der Waals surface area contributed by atoms with Crippen LogP contribution in [0.25, 0.3) is 0 Å². The van der Waals surface area contributed by atoms with Gasteiger partial charge in [-0.15, -0.1) is 0 Å².